The molecule has 0 heterocycles. The van der Waals surface area contributed by atoms with Crippen molar-refractivity contribution in [1.82, 2.24) is 0 Å². The number of nitrogens with two attached hydrogens (primary N) is 1. The second-order valence-corrected chi connectivity index (χ2v) is 7.51. The van der Waals surface area contributed by atoms with Crippen LogP contribution < -0.4 is 15.2 Å². The Morgan fingerprint density at radius 1 is 0.968 bits per heavy atom. The molecule has 0 aliphatic heterocycles. The summed E-state index contributed by atoms with van der Waals surface area (Å²) in [5.74, 6) is 1.11. The van der Waals surface area contributed by atoms with Gasteiger partial charge in [-0.15, -0.1) is 0 Å². The van der Waals surface area contributed by atoms with Crippen molar-refractivity contribution in [3.63, 3.8) is 0 Å². The molecule has 168 valence electrons. The number of ether oxygens (including phenoxy) is 2. The Labute approximate surface area is 184 Å². The minimum atomic E-state index is -0.499. The normalized spacial score (nSPS) is 10.7. The van der Waals surface area contributed by atoms with Crippen LogP contribution in [0.25, 0.3) is 0 Å². The molecule has 0 aliphatic carbocycles. The Balaban J connectivity index is 1.97. The van der Waals surface area contributed by atoms with Crippen molar-refractivity contribution in [1.29, 1.82) is 0 Å². The molecule has 31 heavy (non-hydrogen) atoms. The van der Waals surface area contributed by atoms with E-state index in [0.717, 1.165) is 42.6 Å². The van der Waals surface area contributed by atoms with Crippen LogP contribution in [0.3, 0.4) is 0 Å². The number of hydrogen-bond donors (Lipinski definition) is 2. The summed E-state index contributed by atoms with van der Waals surface area (Å²) in [7, 11) is 0. The number of aryl methyl sites for hydroxylation is 1. The van der Waals surface area contributed by atoms with Crippen molar-refractivity contribution in [2.45, 2.75) is 52.9 Å². The highest BCUT2D eigenvalue weighted by molar-refractivity contribution is 6.00. The summed E-state index contributed by atoms with van der Waals surface area (Å²) in [6, 6.07) is 8.80. The first kappa shape index (κ1) is 24.4. The van der Waals surface area contributed by atoms with Gasteiger partial charge in [-0.05, 0) is 55.7 Å². The van der Waals surface area contributed by atoms with Crippen LogP contribution >= 0.6 is 0 Å². The van der Waals surface area contributed by atoms with Crippen LogP contribution in [0.1, 0.15) is 71.9 Å². The van der Waals surface area contributed by atoms with Crippen LogP contribution in [0.4, 0.5) is 5.69 Å². The molecule has 0 amide bonds. The predicted octanol–water partition coefficient (Wildman–Crippen LogP) is 4.40. The zero-order chi connectivity index (χ0) is 22.8. The fraction of sp³-hybridized carbons (Fsp3) is 0.440. The molecule has 0 unspecified atom stereocenters. The summed E-state index contributed by atoms with van der Waals surface area (Å²) < 4.78 is 11.9. The van der Waals surface area contributed by atoms with Crippen molar-refractivity contribution in [3.05, 3.63) is 52.6 Å². The van der Waals surface area contributed by atoms with Gasteiger partial charge in [0.2, 0.25) is 0 Å². The van der Waals surface area contributed by atoms with E-state index in [1.54, 1.807) is 24.3 Å². The van der Waals surface area contributed by atoms with Gasteiger partial charge in [-0.3, -0.25) is 9.59 Å². The third kappa shape index (κ3) is 6.56. The maximum absolute atomic E-state index is 11.7. The molecule has 2 aromatic rings. The summed E-state index contributed by atoms with van der Waals surface area (Å²) in [5.41, 5.74) is 9.57. The van der Waals surface area contributed by atoms with Gasteiger partial charge in [0.15, 0.2) is 11.6 Å². The van der Waals surface area contributed by atoms with E-state index in [4.69, 9.17) is 20.3 Å². The quantitative estimate of drug-likeness (QED) is 0.279. The summed E-state index contributed by atoms with van der Waals surface area (Å²) in [6.45, 7) is 6.06. The molecular formula is C25H33NO5. The average Bonchev–Trinajstić information content (AvgIpc) is 2.75. The number of carbonyl (C=O) groups is 2. The zero-order valence-electron chi connectivity index (χ0n) is 18.7. The maximum atomic E-state index is 11.7. The van der Waals surface area contributed by atoms with Crippen LogP contribution in [0.2, 0.25) is 0 Å². The molecule has 0 spiro atoms. The molecule has 2 aromatic carbocycles. The van der Waals surface area contributed by atoms with Crippen LogP contribution in [-0.4, -0.2) is 36.5 Å². The number of Topliss-reactive ketones (excluding diaryl/α,β-unsaturated/α-hetero) is 2. The van der Waals surface area contributed by atoms with Gasteiger partial charge in [-0.25, -0.2) is 0 Å². The van der Waals surface area contributed by atoms with Gasteiger partial charge >= 0.3 is 0 Å². The molecule has 3 N–H and O–H groups in total. The Morgan fingerprint density at radius 2 is 1.61 bits per heavy atom. The van der Waals surface area contributed by atoms with Gasteiger partial charge in [0.25, 0.3) is 0 Å². The lowest BCUT2D eigenvalue weighted by Gasteiger charge is -2.16. The van der Waals surface area contributed by atoms with E-state index >= 15 is 0 Å². The van der Waals surface area contributed by atoms with Crippen LogP contribution in [-0.2, 0) is 12.8 Å². The number of aliphatic hydroxyl groups is 1. The molecule has 0 bridgehead atoms. The molecule has 6 nitrogen and oxygen atoms in total. The van der Waals surface area contributed by atoms with Gasteiger partial charge in [0.1, 0.15) is 18.1 Å². The van der Waals surface area contributed by atoms with Crippen LogP contribution in [0, 0.1) is 0 Å². The standard InChI is InChI=1S/C25H33NO5/c1-4-7-19-15-18(22(29)16-27)9-11-23(19)30-13-6-14-31-24-12-10-20(17(3)28)25(26)21(24)8-5-2/h9-12,15,27H,4-8,13-14,16,26H2,1-3H3. The lowest BCUT2D eigenvalue weighted by molar-refractivity contribution is 0.0903. The zero-order valence-corrected chi connectivity index (χ0v) is 18.7. The third-order valence-corrected chi connectivity index (χ3v) is 5.04. The number of carbonyl (C=O) groups excluding carboxylic acids is 2. The number of hydrogen-bond acceptors (Lipinski definition) is 6. The van der Waals surface area contributed by atoms with E-state index in [0.29, 0.717) is 42.2 Å². The molecule has 0 aromatic heterocycles. The van der Waals surface area contributed by atoms with E-state index in [-0.39, 0.29) is 11.6 Å². The molecule has 0 fully saturated rings. The van der Waals surface area contributed by atoms with E-state index in [2.05, 4.69) is 13.8 Å². The molecule has 0 atom stereocenters. The van der Waals surface area contributed by atoms with Gasteiger partial charge < -0.3 is 20.3 Å². The van der Waals surface area contributed by atoms with E-state index in [1.807, 2.05) is 6.07 Å². The van der Waals surface area contributed by atoms with Gasteiger partial charge in [-0.1, -0.05) is 26.7 Å². The minimum Gasteiger partial charge on any atom is -0.493 e. The van der Waals surface area contributed by atoms with Crippen molar-refractivity contribution in [3.8, 4) is 11.5 Å². The maximum Gasteiger partial charge on any atom is 0.188 e. The van der Waals surface area contributed by atoms with Gasteiger partial charge in [0.05, 0.1) is 13.2 Å². The number of anilines is 1. The Hall–Kier alpha value is -2.86. The van der Waals surface area contributed by atoms with Gasteiger partial charge in [0, 0.05) is 28.8 Å². The summed E-state index contributed by atoms with van der Waals surface area (Å²) in [5, 5.41) is 9.07. The fourth-order valence-corrected chi connectivity index (χ4v) is 3.47. The number of ketones is 2. The lowest BCUT2D eigenvalue weighted by Crippen LogP contribution is -2.10. The summed E-state index contributed by atoms with van der Waals surface area (Å²) in [4.78, 5) is 23.5. The first-order valence-corrected chi connectivity index (χ1v) is 10.9. The first-order valence-electron chi connectivity index (χ1n) is 10.9. The number of benzene rings is 2. The third-order valence-electron chi connectivity index (χ3n) is 5.04. The molecule has 0 radical (unpaired) electrons. The van der Waals surface area contributed by atoms with Gasteiger partial charge in [-0.2, -0.15) is 0 Å². The Morgan fingerprint density at radius 3 is 2.23 bits per heavy atom. The Kier molecular flexibility index (Phi) is 9.53. The Bertz CT molecular complexity index is 907. The molecular weight excluding hydrogens is 394 g/mol. The SMILES string of the molecule is CCCc1cc(C(=O)CO)ccc1OCCCOc1ccc(C(C)=O)c(N)c1CCC. The molecule has 6 heteroatoms. The molecule has 0 saturated carbocycles. The lowest BCUT2D eigenvalue weighted by atomic mass is 10.0. The molecule has 2 rings (SSSR count). The average molecular weight is 428 g/mol. The highest BCUT2D eigenvalue weighted by atomic mass is 16.5. The number of nitrogen functional groups attached to an aromatic ring is 1. The summed E-state index contributed by atoms with van der Waals surface area (Å²) >= 11 is 0. The predicted molar refractivity (Wildman–Crippen MR) is 122 cm³/mol. The van der Waals surface area contributed by atoms with Crippen LogP contribution in [0.5, 0.6) is 11.5 Å². The van der Waals surface area contributed by atoms with E-state index in [9.17, 15) is 9.59 Å². The number of rotatable bonds is 13. The smallest absolute Gasteiger partial charge is 0.188 e. The topological polar surface area (TPSA) is 98.9 Å². The second kappa shape index (κ2) is 12.1. The molecule has 0 saturated heterocycles. The van der Waals surface area contributed by atoms with Crippen molar-refractivity contribution in [2.24, 2.45) is 0 Å². The fourth-order valence-electron chi connectivity index (χ4n) is 3.47. The monoisotopic (exact) mass is 427 g/mol. The molecule has 0 aliphatic rings. The minimum absolute atomic E-state index is 0.0515. The second-order valence-electron chi connectivity index (χ2n) is 7.51. The van der Waals surface area contributed by atoms with Crippen molar-refractivity contribution in [2.75, 3.05) is 25.6 Å². The van der Waals surface area contributed by atoms with E-state index in [1.165, 1.54) is 6.92 Å². The number of aliphatic hydroxyl groups excluding tert-OH is 1. The van der Waals surface area contributed by atoms with Crippen molar-refractivity contribution < 1.29 is 24.2 Å². The van der Waals surface area contributed by atoms with E-state index < -0.39 is 6.61 Å². The first-order chi connectivity index (χ1) is 14.9. The van der Waals surface area contributed by atoms with Crippen LogP contribution in [0.15, 0.2) is 30.3 Å². The van der Waals surface area contributed by atoms with Crippen molar-refractivity contribution >= 4 is 17.3 Å². The highest BCUT2D eigenvalue weighted by Gasteiger charge is 2.14. The summed E-state index contributed by atoms with van der Waals surface area (Å²) in [6.07, 6.45) is 4.04. The highest BCUT2D eigenvalue weighted by Crippen LogP contribution is 2.30. The largest absolute Gasteiger partial charge is 0.493 e.